The fourth-order valence-electron chi connectivity index (χ4n) is 1.65. The van der Waals surface area contributed by atoms with Gasteiger partial charge in [-0.25, -0.2) is 12.8 Å². The number of hydrogen-bond donors (Lipinski definition) is 2. The maximum absolute atomic E-state index is 13.5. The minimum atomic E-state index is -3.48. The van der Waals surface area contributed by atoms with E-state index < -0.39 is 15.8 Å². The van der Waals surface area contributed by atoms with E-state index in [0.717, 1.165) is 12.7 Å². The van der Waals surface area contributed by atoms with Crippen LogP contribution >= 0.6 is 0 Å². The Kier molecular flexibility index (Phi) is 5.17. The molecule has 2 N–H and O–H groups in total. The molecule has 0 radical (unpaired) electrons. The van der Waals surface area contributed by atoms with E-state index in [4.69, 9.17) is 0 Å². The molecule has 1 aromatic rings. The number of anilines is 2. The average Bonchev–Trinajstić information content (AvgIpc) is 2.30. The minimum absolute atomic E-state index is 0.0381. The SMILES string of the molecule is CCC(C)C(C)Nc1ccc(F)c(NS(C)(=O)=O)c1. The van der Waals surface area contributed by atoms with E-state index in [1.165, 1.54) is 12.1 Å². The third-order valence-electron chi connectivity index (χ3n) is 3.15. The number of sulfonamides is 1. The zero-order valence-corrected chi connectivity index (χ0v) is 12.5. The zero-order valence-electron chi connectivity index (χ0n) is 11.7. The smallest absolute Gasteiger partial charge is 0.229 e. The predicted molar refractivity (Wildman–Crippen MR) is 77.4 cm³/mol. The first kappa shape index (κ1) is 15.8. The monoisotopic (exact) mass is 288 g/mol. The molecule has 0 fully saturated rings. The summed E-state index contributed by atoms with van der Waals surface area (Å²) in [7, 11) is -3.48. The first-order chi connectivity index (χ1) is 8.73. The molecule has 0 amide bonds. The Bertz CT molecular complexity index is 531. The molecule has 0 heterocycles. The van der Waals surface area contributed by atoms with Crippen molar-refractivity contribution >= 4 is 21.4 Å². The standard InChI is InChI=1S/C13H21FN2O2S/c1-5-9(2)10(3)15-11-6-7-12(14)13(8-11)16-19(4,17)18/h6-10,15-16H,5H2,1-4H3. The van der Waals surface area contributed by atoms with Gasteiger partial charge >= 0.3 is 0 Å². The number of nitrogens with one attached hydrogen (secondary N) is 2. The Morgan fingerprint density at radius 3 is 2.47 bits per heavy atom. The topological polar surface area (TPSA) is 58.2 Å². The van der Waals surface area contributed by atoms with Crippen LogP contribution in [0.2, 0.25) is 0 Å². The molecule has 2 unspecified atom stereocenters. The molecule has 0 saturated heterocycles. The van der Waals surface area contributed by atoms with Crippen LogP contribution < -0.4 is 10.0 Å². The van der Waals surface area contributed by atoms with Gasteiger partial charge < -0.3 is 5.32 Å². The van der Waals surface area contributed by atoms with Gasteiger partial charge in [-0.1, -0.05) is 20.3 Å². The van der Waals surface area contributed by atoms with Gasteiger partial charge in [0.05, 0.1) is 11.9 Å². The van der Waals surface area contributed by atoms with Gasteiger partial charge in [-0.2, -0.15) is 0 Å². The van der Waals surface area contributed by atoms with Gasteiger partial charge in [0.15, 0.2) is 0 Å². The van der Waals surface area contributed by atoms with Crippen LogP contribution in [-0.4, -0.2) is 20.7 Å². The van der Waals surface area contributed by atoms with Crippen molar-refractivity contribution < 1.29 is 12.8 Å². The van der Waals surface area contributed by atoms with Gasteiger partial charge in [-0.15, -0.1) is 0 Å². The number of rotatable bonds is 6. The molecular formula is C13H21FN2O2S. The van der Waals surface area contributed by atoms with Crippen LogP contribution in [0.15, 0.2) is 18.2 Å². The average molecular weight is 288 g/mol. The summed E-state index contributed by atoms with van der Waals surface area (Å²) in [6, 6.07) is 4.54. The summed E-state index contributed by atoms with van der Waals surface area (Å²) < 4.78 is 38.0. The van der Waals surface area contributed by atoms with Gasteiger partial charge in [0.2, 0.25) is 10.0 Å². The third kappa shape index (κ3) is 5.06. The molecule has 0 aromatic heterocycles. The van der Waals surface area contributed by atoms with Crippen molar-refractivity contribution in [3.8, 4) is 0 Å². The van der Waals surface area contributed by atoms with Crippen LogP contribution in [0.3, 0.4) is 0 Å². The second-order valence-electron chi connectivity index (χ2n) is 4.89. The molecule has 108 valence electrons. The molecule has 19 heavy (non-hydrogen) atoms. The molecule has 0 bridgehead atoms. The van der Waals surface area contributed by atoms with Crippen LogP contribution in [0, 0.1) is 11.7 Å². The normalized spacial score (nSPS) is 14.8. The van der Waals surface area contributed by atoms with Crippen LogP contribution in [0.4, 0.5) is 15.8 Å². The van der Waals surface area contributed by atoms with Gasteiger partial charge in [0.1, 0.15) is 5.82 Å². The fraction of sp³-hybridized carbons (Fsp3) is 0.538. The quantitative estimate of drug-likeness (QED) is 0.846. The number of hydrogen-bond acceptors (Lipinski definition) is 3. The first-order valence-corrected chi connectivity index (χ1v) is 8.16. The van der Waals surface area contributed by atoms with Gasteiger partial charge in [-0.05, 0) is 31.0 Å². The summed E-state index contributed by atoms with van der Waals surface area (Å²) in [4.78, 5) is 0. The summed E-state index contributed by atoms with van der Waals surface area (Å²) in [5.74, 6) is -0.122. The highest BCUT2D eigenvalue weighted by atomic mass is 32.2. The molecule has 0 aliphatic carbocycles. The summed E-state index contributed by atoms with van der Waals surface area (Å²) in [5.41, 5.74) is 0.657. The van der Waals surface area contributed by atoms with Crippen LogP contribution in [-0.2, 0) is 10.0 Å². The molecule has 1 rings (SSSR count). The van der Waals surface area contributed by atoms with Gasteiger partial charge in [0.25, 0.3) is 0 Å². The van der Waals surface area contributed by atoms with Gasteiger partial charge in [0, 0.05) is 11.7 Å². The molecule has 0 spiro atoms. The molecule has 6 heteroatoms. The van der Waals surface area contributed by atoms with Crippen molar-refractivity contribution in [1.29, 1.82) is 0 Å². The second-order valence-corrected chi connectivity index (χ2v) is 6.64. The Balaban J connectivity index is 2.90. The van der Waals surface area contributed by atoms with E-state index in [-0.39, 0.29) is 11.7 Å². The molecule has 4 nitrogen and oxygen atoms in total. The highest BCUT2D eigenvalue weighted by molar-refractivity contribution is 7.92. The highest BCUT2D eigenvalue weighted by Crippen LogP contribution is 2.22. The first-order valence-electron chi connectivity index (χ1n) is 6.26. The van der Waals surface area contributed by atoms with Gasteiger partial charge in [-0.3, -0.25) is 4.72 Å². The lowest BCUT2D eigenvalue weighted by Crippen LogP contribution is -2.23. The van der Waals surface area contributed by atoms with E-state index in [1.807, 2.05) is 6.92 Å². The molecule has 0 aliphatic heterocycles. The Morgan fingerprint density at radius 2 is 1.95 bits per heavy atom. The lowest BCUT2D eigenvalue weighted by atomic mass is 10.0. The molecule has 0 aliphatic rings. The van der Waals surface area contributed by atoms with Crippen LogP contribution in [0.1, 0.15) is 27.2 Å². The van der Waals surface area contributed by atoms with Crippen molar-refractivity contribution in [2.75, 3.05) is 16.3 Å². The Labute approximate surface area is 114 Å². The zero-order chi connectivity index (χ0) is 14.6. The largest absolute Gasteiger partial charge is 0.382 e. The predicted octanol–water partition coefficient (Wildman–Crippen LogP) is 3.04. The van der Waals surface area contributed by atoms with E-state index in [1.54, 1.807) is 6.07 Å². The molecular weight excluding hydrogens is 267 g/mol. The van der Waals surface area contributed by atoms with E-state index >= 15 is 0 Å². The van der Waals surface area contributed by atoms with Crippen LogP contribution in [0.25, 0.3) is 0 Å². The molecule has 0 saturated carbocycles. The second kappa shape index (κ2) is 6.23. The summed E-state index contributed by atoms with van der Waals surface area (Å²) >= 11 is 0. The third-order valence-corrected chi connectivity index (χ3v) is 3.74. The van der Waals surface area contributed by atoms with Crippen molar-refractivity contribution in [3.05, 3.63) is 24.0 Å². The van der Waals surface area contributed by atoms with Crippen molar-refractivity contribution in [2.45, 2.75) is 33.2 Å². The van der Waals surface area contributed by atoms with Crippen molar-refractivity contribution in [2.24, 2.45) is 5.92 Å². The molecule has 2 atom stereocenters. The summed E-state index contributed by atoms with van der Waals surface area (Å²) in [6.45, 7) is 6.27. The lowest BCUT2D eigenvalue weighted by Gasteiger charge is -2.21. The number of halogens is 1. The van der Waals surface area contributed by atoms with Crippen molar-refractivity contribution in [1.82, 2.24) is 0 Å². The molecule has 1 aromatic carbocycles. The maximum Gasteiger partial charge on any atom is 0.229 e. The summed E-state index contributed by atoms with van der Waals surface area (Å²) in [6.07, 6.45) is 2.03. The Morgan fingerprint density at radius 1 is 1.32 bits per heavy atom. The maximum atomic E-state index is 13.5. The Hall–Kier alpha value is -1.30. The van der Waals surface area contributed by atoms with E-state index in [9.17, 15) is 12.8 Å². The highest BCUT2D eigenvalue weighted by Gasteiger charge is 2.12. The van der Waals surface area contributed by atoms with E-state index in [0.29, 0.717) is 11.6 Å². The van der Waals surface area contributed by atoms with Crippen molar-refractivity contribution in [3.63, 3.8) is 0 Å². The fourth-order valence-corrected chi connectivity index (χ4v) is 2.21. The minimum Gasteiger partial charge on any atom is -0.382 e. The number of benzene rings is 1. The lowest BCUT2D eigenvalue weighted by molar-refractivity contribution is 0.494. The summed E-state index contributed by atoms with van der Waals surface area (Å²) in [5, 5.41) is 3.24. The van der Waals surface area contributed by atoms with Crippen LogP contribution in [0.5, 0.6) is 0 Å². The van der Waals surface area contributed by atoms with E-state index in [2.05, 4.69) is 23.9 Å².